The Labute approximate surface area is 111 Å². The van der Waals surface area contributed by atoms with Gasteiger partial charge in [-0.15, -0.1) is 0 Å². The van der Waals surface area contributed by atoms with Gasteiger partial charge in [-0.25, -0.2) is 4.79 Å². The van der Waals surface area contributed by atoms with Crippen LogP contribution in [0.15, 0.2) is 24.3 Å². The Balaban J connectivity index is 2.62. The molecule has 0 bridgehead atoms. The maximum atomic E-state index is 11.8. The van der Waals surface area contributed by atoms with E-state index in [1.165, 1.54) is 7.11 Å². The Kier molecular flexibility index (Phi) is 4.88. The SMILES string of the molecule is COC(C)(C)C(=O)Nc1ccc(OCC(=O)O)cc1. The average molecular weight is 267 g/mol. The third-order valence-electron chi connectivity index (χ3n) is 2.53. The van der Waals surface area contributed by atoms with Crippen LogP contribution >= 0.6 is 0 Å². The van der Waals surface area contributed by atoms with Crippen LogP contribution in [0, 0.1) is 0 Å². The van der Waals surface area contributed by atoms with E-state index >= 15 is 0 Å². The van der Waals surface area contributed by atoms with Gasteiger partial charge >= 0.3 is 5.97 Å². The van der Waals surface area contributed by atoms with Crippen LogP contribution in [0.2, 0.25) is 0 Å². The number of carboxylic acid groups (broad SMARTS) is 1. The fourth-order valence-corrected chi connectivity index (χ4v) is 1.15. The van der Waals surface area contributed by atoms with Crippen molar-refractivity contribution >= 4 is 17.6 Å². The van der Waals surface area contributed by atoms with Crippen molar-refractivity contribution < 1.29 is 24.2 Å². The number of hydrogen-bond acceptors (Lipinski definition) is 4. The molecule has 6 heteroatoms. The monoisotopic (exact) mass is 267 g/mol. The number of rotatable bonds is 6. The Morgan fingerprint density at radius 1 is 1.26 bits per heavy atom. The van der Waals surface area contributed by atoms with E-state index in [-0.39, 0.29) is 5.91 Å². The number of amides is 1. The molecule has 0 heterocycles. The van der Waals surface area contributed by atoms with E-state index in [4.69, 9.17) is 14.6 Å². The van der Waals surface area contributed by atoms with Crippen molar-refractivity contribution in [2.45, 2.75) is 19.4 Å². The van der Waals surface area contributed by atoms with Crippen molar-refractivity contribution in [1.82, 2.24) is 0 Å². The summed E-state index contributed by atoms with van der Waals surface area (Å²) < 4.78 is 10.0. The van der Waals surface area contributed by atoms with Gasteiger partial charge < -0.3 is 19.9 Å². The van der Waals surface area contributed by atoms with Crippen LogP contribution in [0.4, 0.5) is 5.69 Å². The second-order valence-electron chi connectivity index (χ2n) is 4.38. The van der Waals surface area contributed by atoms with Crippen LogP contribution in [0.1, 0.15) is 13.8 Å². The summed E-state index contributed by atoms with van der Waals surface area (Å²) in [5.41, 5.74) is -0.337. The van der Waals surface area contributed by atoms with E-state index < -0.39 is 18.2 Å². The minimum atomic E-state index is -1.04. The molecule has 1 rings (SSSR count). The van der Waals surface area contributed by atoms with Crippen LogP contribution in [-0.2, 0) is 14.3 Å². The number of carbonyl (C=O) groups excluding carboxylic acids is 1. The van der Waals surface area contributed by atoms with Crippen LogP contribution in [0.3, 0.4) is 0 Å². The van der Waals surface area contributed by atoms with E-state index in [1.807, 2.05) is 0 Å². The van der Waals surface area contributed by atoms with E-state index in [1.54, 1.807) is 38.1 Å². The van der Waals surface area contributed by atoms with Gasteiger partial charge in [0, 0.05) is 12.8 Å². The molecule has 19 heavy (non-hydrogen) atoms. The zero-order valence-corrected chi connectivity index (χ0v) is 11.1. The largest absolute Gasteiger partial charge is 0.482 e. The molecule has 0 saturated heterocycles. The molecule has 1 amide bonds. The van der Waals surface area contributed by atoms with Gasteiger partial charge in [0.1, 0.15) is 11.4 Å². The minimum Gasteiger partial charge on any atom is -0.482 e. The van der Waals surface area contributed by atoms with Crippen molar-refractivity contribution in [3.05, 3.63) is 24.3 Å². The Hall–Kier alpha value is -2.08. The molecule has 2 N–H and O–H groups in total. The predicted octanol–water partition coefficient (Wildman–Crippen LogP) is 1.51. The number of aliphatic carboxylic acids is 1. The molecule has 104 valence electrons. The normalized spacial score (nSPS) is 10.9. The lowest BCUT2D eigenvalue weighted by Gasteiger charge is -2.21. The van der Waals surface area contributed by atoms with Crippen molar-refractivity contribution in [1.29, 1.82) is 0 Å². The molecule has 0 aliphatic heterocycles. The first kappa shape index (κ1) is 15.0. The lowest BCUT2D eigenvalue weighted by Crippen LogP contribution is -2.38. The number of carboxylic acids is 1. The smallest absolute Gasteiger partial charge is 0.341 e. The average Bonchev–Trinajstić information content (AvgIpc) is 2.37. The predicted molar refractivity (Wildman–Crippen MR) is 69.3 cm³/mol. The highest BCUT2D eigenvalue weighted by Crippen LogP contribution is 2.17. The molecule has 1 aromatic rings. The highest BCUT2D eigenvalue weighted by molar-refractivity contribution is 5.96. The van der Waals surface area contributed by atoms with Gasteiger partial charge in [-0.3, -0.25) is 4.79 Å². The summed E-state index contributed by atoms with van der Waals surface area (Å²) in [6, 6.07) is 6.42. The number of benzene rings is 1. The summed E-state index contributed by atoms with van der Waals surface area (Å²) in [5.74, 6) is -0.889. The first-order valence-electron chi connectivity index (χ1n) is 5.66. The number of carbonyl (C=O) groups is 2. The zero-order valence-electron chi connectivity index (χ0n) is 11.1. The molecular weight excluding hydrogens is 250 g/mol. The minimum absolute atomic E-state index is 0.269. The third-order valence-corrected chi connectivity index (χ3v) is 2.53. The van der Waals surface area contributed by atoms with Crippen LogP contribution in [-0.4, -0.2) is 36.3 Å². The molecule has 0 spiro atoms. The van der Waals surface area contributed by atoms with E-state index in [2.05, 4.69) is 5.32 Å². The molecule has 6 nitrogen and oxygen atoms in total. The van der Waals surface area contributed by atoms with Crippen molar-refractivity contribution in [3.63, 3.8) is 0 Å². The zero-order chi connectivity index (χ0) is 14.5. The molecular formula is C13H17NO5. The van der Waals surface area contributed by atoms with E-state index in [0.29, 0.717) is 11.4 Å². The number of anilines is 1. The van der Waals surface area contributed by atoms with Gasteiger partial charge in [-0.1, -0.05) is 0 Å². The molecule has 0 unspecified atom stereocenters. The molecule has 0 aromatic heterocycles. The topological polar surface area (TPSA) is 84.9 Å². The van der Waals surface area contributed by atoms with E-state index in [0.717, 1.165) is 0 Å². The molecule has 0 aliphatic rings. The summed E-state index contributed by atoms with van der Waals surface area (Å²) in [5, 5.41) is 11.2. The van der Waals surface area contributed by atoms with E-state index in [9.17, 15) is 9.59 Å². The van der Waals surface area contributed by atoms with Gasteiger partial charge in [-0.05, 0) is 38.1 Å². The fraction of sp³-hybridized carbons (Fsp3) is 0.385. The summed E-state index contributed by atoms with van der Waals surface area (Å²) in [6.07, 6.45) is 0. The first-order chi connectivity index (χ1) is 8.85. The Bertz CT molecular complexity index is 453. The standard InChI is InChI=1S/C13H17NO5/c1-13(2,18-3)12(17)14-9-4-6-10(7-5-9)19-8-11(15)16/h4-7H,8H2,1-3H3,(H,14,17)(H,15,16). The second kappa shape index (κ2) is 6.19. The molecule has 1 aromatic carbocycles. The van der Waals surface area contributed by atoms with Gasteiger partial charge in [0.2, 0.25) is 0 Å². The highest BCUT2D eigenvalue weighted by Gasteiger charge is 2.26. The first-order valence-corrected chi connectivity index (χ1v) is 5.66. The third kappa shape index (κ3) is 4.59. The lowest BCUT2D eigenvalue weighted by molar-refractivity contribution is -0.139. The maximum absolute atomic E-state index is 11.8. The van der Waals surface area contributed by atoms with Crippen LogP contribution in [0.25, 0.3) is 0 Å². The van der Waals surface area contributed by atoms with Crippen molar-refractivity contribution in [2.75, 3.05) is 19.0 Å². The summed E-state index contributed by atoms with van der Waals surface area (Å²) in [6.45, 7) is 2.92. The molecule has 0 atom stereocenters. The number of methoxy groups -OCH3 is 1. The highest BCUT2D eigenvalue weighted by atomic mass is 16.5. The van der Waals surface area contributed by atoms with Gasteiger partial charge in [-0.2, -0.15) is 0 Å². The number of hydrogen-bond donors (Lipinski definition) is 2. The second-order valence-corrected chi connectivity index (χ2v) is 4.38. The van der Waals surface area contributed by atoms with Gasteiger partial charge in [0.15, 0.2) is 6.61 Å². The summed E-state index contributed by atoms with van der Waals surface area (Å²) in [4.78, 5) is 22.2. The van der Waals surface area contributed by atoms with Crippen molar-refractivity contribution in [3.8, 4) is 5.75 Å². The summed E-state index contributed by atoms with van der Waals surface area (Å²) >= 11 is 0. The van der Waals surface area contributed by atoms with Gasteiger partial charge in [0.05, 0.1) is 0 Å². The van der Waals surface area contributed by atoms with Crippen molar-refractivity contribution in [2.24, 2.45) is 0 Å². The molecule has 0 aliphatic carbocycles. The van der Waals surface area contributed by atoms with Crippen LogP contribution in [0.5, 0.6) is 5.75 Å². The number of ether oxygens (including phenoxy) is 2. The fourth-order valence-electron chi connectivity index (χ4n) is 1.15. The molecule has 0 saturated carbocycles. The summed E-state index contributed by atoms with van der Waals surface area (Å²) in [7, 11) is 1.46. The number of nitrogens with one attached hydrogen (secondary N) is 1. The van der Waals surface area contributed by atoms with Gasteiger partial charge in [0.25, 0.3) is 5.91 Å². The van der Waals surface area contributed by atoms with Crippen LogP contribution < -0.4 is 10.1 Å². The Morgan fingerprint density at radius 2 is 1.84 bits per heavy atom. The molecule has 0 radical (unpaired) electrons. The molecule has 0 fully saturated rings. The maximum Gasteiger partial charge on any atom is 0.341 e. The Morgan fingerprint density at radius 3 is 2.32 bits per heavy atom. The quantitative estimate of drug-likeness (QED) is 0.816. The lowest BCUT2D eigenvalue weighted by atomic mass is 10.1.